The number of carbonyl (C=O) groups excluding carboxylic acids is 1. The van der Waals surface area contributed by atoms with E-state index < -0.39 is 36.6 Å². The van der Waals surface area contributed by atoms with E-state index in [1.54, 1.807) is 12.3 Å². The van der Waals surface area contributed by atoms with E-state index in [1.165, 1.54) is 53.4 Å². The van der Waals surface area contributed by atoms with Crippen LogP contribution in [0.4, 0.5) is 13.2 Å². The van der Waals surface area contributed by atoms with E-state index in [9.17, 15) is 27.9 Å². The molecule has 0 saturated carbocycles. The predicted octanol–water partition coefficient (Wildman–Crippen LogP) is 3.00. The molecule has 1 aromatic carbocycles. The summed E-state index contributed by atoms with van der Waals surface area (Å²) in [6.45, 7) is 1.42. The lowest BCUT2D eigenvalue weighted by Crippen LogP contribution is -2.37. The standard InChI is InChI=1S/C21H19ClF3N7O4S/c1-11(36-12(2)33)17-27-16(28-32(17)19-26-7-8-37-19)10-31-20(35)30(9-15(34)21(23,24)25)18(29-31)13-3-5-14(22)6-4-13/h3-8,11,15,34H,9-10H2,1-2H3/t11-,15-/m0/s1. The third-order valence-corrected chi connectivity index (χ3v) is 6.03. The Labute approximate surface area is 215 Å². The van der Waals surface area contributed by atoms with Gasteiger partial charge in [0.1, 0.15) is 6.54 Å². The molecule has 0 spiro atoms. The second-order valence-electron chi connectivity index (χ2n) is 7.80. The number of ether oxygens (including phenoxy) is 1. The van der Waals surface area contributed by atoms with Crippen molar-refractivity contribution in [1.29, 1.82) is 0 Å². The average Bonchev–Trinajstić information content (AvgIpc) is 3.55. The molecule has 0 fully saturated rings. The summed E-state index contributed by atoms with van der Waals surface area (Å²) in [5.74, 6) is -0.376. The van der Waals surface area contributed by atoms with E-state index in [4.69, 9.17) is 16.3 Å². The maximum absolute atomic E-state index is 13.1. The van der Waals surface area contributed by atoms with Crippen LogP contribution in [0.15, 0.2) is 40.6 Å². The first-order valence-corrected chi connectivity index (χ1v) is 11.9. The Kier molecular flexibility index (Phi) is 7.47. The number of rotatable bonds is 8. The normalized spacial score (nSPS) is 13.5. The third-order valence-electron chi connectivity index (χ3n) is 5.03. The number of alkyl halides is 3. The zero-order chi connectivity index (χ0) is 26.9. The molecule has 0 unspecified atom stereocenters. The summed E-state index contributed by atoms with van der Waals surface area (Å²) in [7, 11) is 0. The third kappa shape index (κ3) is 5.89. The summed E-state index contributed by atoms with van der Waals surface area (Å²) in [6, 6.07) is 5.95. The van der Waals surface area contributed by atoms with Crippen molar-refractivity contribution in [1.82, 2.24) is 34.1 Å². The van der Waals surface area contributed by atoms with Crippen LogP contribution < -0.4 is 5.69 Å². The summed E-state index contributed by atoms with van der Waals surface area (Å²) < 4.78 is 47.4. The summed E-state index contributed by atoms with van der Waals surface area (Å²) in [5.41, 5.74) is -0.617. The van der Waals surface area contributed by atoms with E-state index in [2.05, 4.69) is 20.2 Å². The highest BCUT2D eigenvalue weighted by Gasteiger charge is 2.39. The summed E-state index contributed by atoms with van der Waals surface area (Å²) in [5, 5.41) is 20.7. The molecule has 1 N–H and O–H groups in total. The molecule has 4 aromatic rings. The lowest BCUT2D eigenvalue weighted by atomic mass is 10.2. The van der Waals surface area contributed by atoms with E-state index >= 15 is 0 Å². The molecule has 0 amide bonds. The maximum Gasteiger partial charge on any atom is 0.416 e. The number of benzene rings is 1. The van der Waals surface area contributed by atoms with E-state index in [1.807, 2.05) is 0 Å². The molecule has 3 aromatic heterocycles. The number of aromatic nitrogens is 7. The molecule has 196 valence electrons. The zero-order valence-electron chi connectivity index (χ0n) is 19.3. The van der Waals surface area contributed by atoms with Gasteiger partial charge >= 0.3 is 17.8 Å². The molecule has 2 atom stereocenters. The summed E-state index contributed by atoms with van der Waals surface area (Å²) in [4.78, 5) is 33.1. The number of halogens is 4. The molecule has 16 heteroatoms. The number of aliphatic hydroxyl groups is 1. The van der Waals surface area contributed by atoms with E-state index in [-0.39, 0.29) is 24.0 Å². The van der Waals surface area contributed by atoms with Gasteiger partial charge in [0.15, 0.2) is 29.7 Å². The average molecular weight is 558 g/mol. The Hall–Kier alpha value is -3.56. The number of aliphatic hydroxyl groups excluding tert-OH is 1. The van der Waals surface area contributed by atoms with Crippen molar-refractivity contribution in [3.05, 3.63) is 63.0 Å². The molecule has 4 rings (SSSR count). The van der Waals surface area contributed by atoms with Crippen LogP contribution in [-0.2, 0) is 22.6 Å². The van der Waals surface area contributed by atoms with Crippen LogP contribution in [0.1, 0.15) is 31.6 Å². The lowest BCUT2D eigenvalue weighted by molar-refractivity contribution is -0.207. The van der Waals surface area contributed by atoms with Gasteiger partial charge in [-0.2, -0.15) is 17.9 Å². The first kappa shape index (κ1) is 26.5. The van der Waals surface area contributed by atoms with Crippen molar-refractivity contribution < 1.29 is 27.8 Å². The molecule has 0 aliphatic carbocycles. The van der Waals surface area contributed by atoms with Gasteiger partial charge in [-0.05, 0) is 31.2 Å². The van der Waals surface area contributed by atoms with Crippen molar-refractivity contribution in [2.24, 2.45) is 0 Å². The molecular weight excluding hydrogens is 539 g/mol. The number of nitrogens with zero attached hydrogens (tertiary/aromatic N) is 7. The number of carbonyl (C=O) groups is 1. The SMILES string of the molecule is CC(=O)O[C@@H](C)c1nc(Cn2nc(-c3ccc(Cl)cc3)n(C[C@H](O)C(F)(F)F)c2=O)nn1-c1nccs1. The summed E-state index contributed by atoms with van der Waals surface area (Å²) >= 11 is 7.14. The zero-order valence-corrected chi connectivity index (χ0v) is 20.8. The van der Waals surface area contributed by atoms with Gasteiger partial charge in [-0.15, -0.1) is 21.5 Å². The van der Waals surface area contributed by atoms with Crippen LogP contribution in [0.3, 0.4) is 0 Å². The number of esters is 1. The van der Waals surface area contributed by atoms with Crippen molar-refractivity contribution in [2.75, 3.05) is 0 Å². The van der Waals surface area contributed by atoms with Crippen molar-refractivity contribution in [3.8, 4) is 16.5 Å². The fourth-order valence-corrected chi connectivity index (χ4v) is 4.12. The Balaban J connectivity index is 1.76. The second kappa shape index (κ2) is 10.4. The number of thiazole rings is 1. The fraction of sp³-hybridized carbons (Fsp3) is 0.333. The van der Waals surface area contributed by atoms with Gasteiger partial charge in [0.2, 0.25) is 5.13 Å². The molecule has 3 heterocycles. The van der Waals surface area contributed by atoms with Crippen LogP contribution in [0.2, 0.25) is 5.02 Å². The molecule has 0 radical (unpaired) electrons. The van der Waals surface area contributed by atoms with E-state index in [0.717, 1.165) is 9.25 Å². The number of hydrogen-bond acceptors (Lipinski definition) is 9. The smallest absolute Gasteiger partial charge is 0.416 e. The van der Waals surface area contributed by atoms with Gasteiger partial charge in [0, 0.05) is 29.1 Å². The van der Waals surface area contributed by atoms with Crippen molar-refractivity contribution >= 4 is 28.9 Å². The Bertz CT molecular complexity index is 1450. The van der Waals surface area contributed by atoms with Gasteiger partial charge in [-0.25, -0.2) is 19.4 Å². The first-order chi connectivity index (χ1) is 17.4. The van der Waals surface area contributed by atoms with Crippen molar-refractivity contribution in [3.63, 3.8) is 0 Å². The monoisotopic (exact) mass is 557 g/mol. The Morgan fingerprint density at radius 1 is 1.24 bits per heavy atom. The van der Waals surface area contributed by atoms with Crippen LogP contribution in [0.5, 0.6) is 0 Å². The summed E-state index contributed by atoms with van der Waals surface area (Å²) in [6.07, 6.45) is -7.02. The van der Waals surface area contributed by atoms with Gasteiger partial charge in [0.05, 0.1) is 6.54 Å². The maximum atomic E-state index is 13.1. The quantitative estimate of drug-likeness (QED) is 0.327. The molecule has 0 bridgehead atoms. The fourth-order valence-electron chi connectivity index (χ4n) is 3.39. The highest BCUT2D eigenvalue weighted by atomic mass is 35.5. The first-order valence-electron chi connectivity index (χ1n) is 10.6. The van der Waals surface area contributed by atoms with Gasteiger partial charge in [0.25, 0.3) is 0 Å². The molecule has 0 saturated heterocycles. The van der Waals surface area contributed by atoms with Crippen LogP contribution in [0.25, 0.3) is 16.5 Å². The van der Waals surface area contributed by atoms with Gasteiger partial charge < -0.3 is 9.84 Å². The number of hydrogen-bond donors (Lipinski definition) is 1. The molecule has 0 aliphatic heterocycles. The largest absolute Gasteiger partial charge is 0.455 e. The highest BCUT2D eigenvalue weighted by molar-refractivity contribution is 7.12. The van der Waals surface area contributed by atoms with Gasteiger partial charge in [-0.3, -0.25) is 9.36 Å². The molecule has 11 nitrogen and oxygen atoms in total. The minimum atomic E-state index is -4.95. The topological polar surface area (TPSA) is 130 Å². The van der Waals surface area contributed by atoms with Gasteiger partial charge in [-0.1, -0.05) is 11.6 Å². The minimum absolute atomic E-state index is 0.0648. The Morgan fingerprint density at radius 2 is 1.95 bits per heavy atom. The Morgan fingerprint density at radius 3 is 2.54 bits per heavy atom. The lowest BCUT2D eigenvalue weighted by Gasteiger charge is -2.15. The van der Waals surface area contributed by atoms with Crippen LogP contribution >= 0.6 is 22.9 Å². The van der Waals surface area contributed by atoms with E-state index in [0.29, 0.717) is 15.7 Å². The molecule has 37 heavy (non-hydrogen) atoms. The highest BCUT2D eigenvalue weighted by Crippen LogP contribution is 2.25. The molecular formula is C21H19ClF3N7O4S. The molecule has 0 aliphatic rings. The minimum Gasteiger partial charge on any atom is -0.455 e. The van der Waals surface area contributed by atoms with Crippen LogP contribution in [-0.4, -0.2) is 57.5 Å². The predicted molar refractivity (Wildman–Crippen MR) is 125 cm³/mol. The van der Waals surface area contributed by atoms with Crippen LogP contribution in [0, 0.1) is 0 Å². The van der Waals surface area contributed by atoms with Crippen molar-refractivity contribution in [2.45, 2.75) is 45.3 Å². The second-order valence-corrected chi connectivity index (χ2v) is 9.11.